The summed E-state index contributed by atoms with van der Waals surface area (Å²) in [6.07, 6.45) is 4.10. The average Bonchev–Trinajstić information content (AvgIpc) is 2.95. The van der Waals surface area contributed by atoms with E-state index in [2.05, 4.69) is 0 Å². The smallest absolute Gasteiger partial charge is 0.225 e. The molecule has 2 atom stereocenters. The minimum absolute atomic E-state index is 0.162. The Morgan fingerprint density at radius 1 is 1.50 bits per heavy atom. The van der Waals surface area contributed by atoms with Crippen molar-refractivity contribution >= 4 is 5.91 Å². The number of rotatable bonds is 3. The molecule has 2 unspecified atom stereocenters. The highest BCUT2D eigenvalue weighted by atomic mass is 16.3. The van der Waals surface area contributed by atoms with Gasteiger partial charge in [0.05, 0.1) is 6.10 Å². The fourth-order valence-electron chi connectivity index (χ4n) is 2.17. The number of carbonyl (C=O) groups excluding carboxylic acids is 1. The molecule has 0 aromatic carbocycles. The van der Waals surface area contributed by atoms with Gasteiger partial charge in [-0.2, -0.15) is 0 Å². The fraction of sp³-hybridized carbons (Fsp3) is 0.909. The first-order valence-corrected chi connectivity index (χ1v) is 5.65. The first-order chi connectivity index (χ1) is 6.68. The summed E-state index contributed by atoms with van der Waals surface area (Å²) in [7, 11) is 0. The summed E-state index contributed by atoms with van der Waals surface area (Å²) in [5.74, 6) is 0.867. The first-order valence-electron chi connectivity index (χ1n) is 5.65. The van der Waals surface area contributed by atoms with Crippen LogP contribution < -0.4 is 0 Å². The van der Waals surface area contributed by atoms with Crippen LogP contribution >= 0.6 is 0 Å². The summed E-state index contributed by atoms with van der Waals surface area (Å²) < 4.78 is 0. The van der Waals surface area contributed by atoms with Gasteiger partial charge in [-0.3, -0.25) is 4.79 Å². The lowest BCUT2D eigenvalue weighted by Crippen LogP contribution is -2.44. The van der Waals surface area contributed by atoms with Gasteiger partial charge in [-0.05, 0) is 31.6 Å². The number of nitrogens with zero attached hydrogens (tertiary/aromatic N) is 1. The van der Waals surface area contributed by atoms with Crippen LogP contribution in [0.15, 0.2) is 0 Å². The van der Waals surface area contributed by atoms with Gasteiger partial charge >= 0.3 is 0 Å². The van der Waals surface area contributed by atoms with Gasteiger partial charge in [0.2, 0.25) is 5.91 Å². The molecular weight excluding hydrogens is 178 g/mol. The van der Waals surface area contributed by atoms with Crippen molar-refractivity contribution in [1.29, 1.82) is 0 Å². The van der Waals surface area contributed by atoms with E-state index in [-0.39, 0.29) is 17.9 Å². The van der Waals surface area contributed by atoms with Crippen molar-refractivity contribution in [2.24, 2.45) is 11.8 Å². The van der Waals surface area contributed by atoms with Crippen LogP contribution in [-0.2, 0) is 4.79 Å². The third-order valence-electron chi connectivity index (χ3n) is 3.37. The van der Waals surface area contributed by atoms with E-state index in [1.54, 1.807) is 0 Å². The molecule has 0 radical (unpaired) electrons. The number of amides is 1. The summed E-state index contributed by atoms with van der Waals surface area (Å²) >= 11 is 0. The predicted molar refractivity (Wildman–Crippen MR) is 53.7 cm³/mol. The summed E-state index contributed by atoms with van der Waals surface area (Å²) in [4.78, 5) is 13.6. The van der Waals surface area contributed by atoms with Gasteiger partial charge in [0.25, 0.3) is 0 Å². The van der Waals surface area contributed by atoms with E-state index in [1.807, 2.05) is 11.8 Å². The number of piperidine rings is 1. The first kappa shape index (κ1) is 9.97. The van der Waals surface area contributed by atoms with Crippen molar-refractivity contribution < 1.29 is 9.90 Å². The molecule has 1 N–H and O–H groups in total. The molecule has 0 aromatic heterocycles. The summed E-state index contributed by atoms with van der Waals surface area (Å²) in [5.41, 5.74) is 0. The zero-order valence-electron chi connectivity index (χ0n) is 8.78. The van der Waals surface area contributed by atoms with Crippen molar-refractivity contribution in [3.63, 3.8) is 0 Å². The summed E-state index contributed by atoms with van der Waals surface area (Å²) in [5, 5.41) is 9.75. The number of aliphatic hydroxyl groups excluding tert-OH is 1. The Balaban J connectivity index is 1.86. The van der Waals surface area contributed by atoms with E-state index < -0.39 is 0 Å². The molecule has 3 nitrogen and oxygen atoms in total. The zero-order valence-corrected chi connectivity index (χ0v) is 8.78. The number of β-amino-alcohol motifs (C(OH)–C–C–N with tert-alkyl or cyclic N) is 1. The molecule has 1 heterocycles. The molecule has 1 amide bonds. The van der Waals surface area contributed by atoms with E-state index in [0.29, 0.717) is 12.5 Å². The van der Waals surface area contributed by atoms with Gasteiger partial charge in [0.1, 0.15) is 0 Å². The van der Waals surface area contributed by atoms with Crippen LogP contribution in [0.3, 0.4) is 0 Å². The third kappa shape index (κ3) is 2.08. The number of likely N-dealkylation sites (tertiary alicyclic amines) is 1. The molecular formula is C11H19NO2. The Morgan fingerprint density at radius 2 is 2.21 bits per heavy atom. The molecule has 1 saturated heterocycles. The number of aliphatic hydroxyl groups is 1. The molecule has 3 heteroatoms. The normalized spacial score (nSPS) is 30.6. The number of hydrogen-bond donors (Lipinski definition) is 1. The van der Waals surface area contributed by atoms with Crippen molar-refractivity contribution in [3.05, 3.63) is 0 Å². The lowest BCUT2D eigenvalue weighted by molar-refractivity contribution is -0.139. The van der Waals surface area contributed by atoms with Crippen molar-refractivity contribution in [2.45, 2.75) is 38.7 Å². The fourth-order valence-corrected chi connectivity index (χ4v) is 2.17. The standard InChI is InChI=1S/C11H19NO2/c1-8-3-2-6-12(11(8)14)7-10(13)9-4-5-9/h8-10,13H,2-7H2,1H3. The molecule has 80 valence electrons. The van der Waals surface area contributed by atoms with Crippen LogP contribution in [0, 0.1) is 11.8 Å². The largest absolute Gasteiger partial charge is 0.391 e. The highest BCUT2D eigenvalue weighted by molar-refractivity contribution is 5.79. The second kappa shape index (κ2) is 3.89. The highest BCUT2D eigenvalue weighted by Crippen LogP contribution is 2.33. The SMILES string of the molecule is CC1CCCN(CC(O)C2CC2)C1=O. The molecule has 1 saturated carbocycles. The maximum atomic E-state index is 11.7. The molecule has 2 fully saturated rings. The van der Waals surface area contributed by atoms with E-state index in [9.17, 15) is 9.90 Å². The molecule has 1 aliphatic carbocycles. The predicted octanol–water partition coefficient (Wildman–Crippen LogP) is 1.02. The molecule has 1 aliphatic heterocycles. The minimum atomic E-state index is -0.274. The molecule has 0 spiro atoms. The van der Waals surface area contributed by atoms with Gasteiger partial charge in [0, 0.05) is 19.0 Å². The van der Waals surface area contributed by atoms with Gasteiger partial charge in [0.15, 0.2) is 0 Å². The topological polar surface area (TPSA) is 40.5 Å². The number of carbonyl (C=O) groups is 1. The molecule has 2 rings (SSSR count). The Hall–Kier alpha value is -0.570. The van der Waals surface area contributed by atoms with Crippen LogP contribution in [0.4, 0.5) is 0 Å². The molecule has 0 bridgehead atoms. The second-order valence-electron chi connectivity index (χ2n) is 4.73. The van der Waals surface area contributed by atoms with E-state index in [0.717, 1.165) is 32.2 Å². The van der Waals surface area contributed by atoms with Crippen LogP contribution in [-0.4, -0.2) is 35.1 Å². The maximum Gasteiger partial charge on any atom is 0.225 e. The Bertz CT molecular complexity index is 225. The zero-order chi connectivity index (χ0) is 10.1. The van der Waals surface area contributed by atoms with Crippen LogP contribution in [0.2, 0.25) is 0 Å². The van der Waals surface area contributed by atoms with Gasteiger partial charge in [-0.25, -0.2) is 0 Å². The van der Waals surface area contributed by atoms with Crippen LogP contribution in [0.5, 0.6) is 0 Å². The van der Waals surface area contributed by atoms with E-state index >= 15 is 0 Å². The van der Waals surface area contributed by atoms with Crippen molar-refractivity contribution in [3.8, 4) is 0 Å². The van der Waals surface area contributed by atoms with E-state index in [4.69, 9.17) is 0 Å². The average molecular weight is 197 g/mol. The van der Waals surface area contributed by atoms with Crippen molar-refractivity contribution in [1.82, 2.24) is 4.90 Å². The lowest BCUT2D eigenvalue weighted by atomic mass is 9.98. The number of hydrogen-bond acceptors (Lipinski definition) is 2. The third-order valence-corrected chi connectivity index (χ3v) is 3.37. The van der Waals surface area contributed by atoms with Gasteiger partial charge < -0.3 is 10.0 Å². The maximum absolute atomic E-state index is 11.7. The van der Waals surface area contributed by atoms with Crippen LogP contribution in [0.25, 0.3) is 0 Å². The minimum Gasteiger partial charge on any atom is -0.391 e. The monoisotopic (exact) mass is 197 g/mol. The van der Waals surface area contributed by atoms with E-state index in [1.165, 1.54) is 0 Å². The Kier molecular flexibility index (Phi) is 2.77. The quantitative estimate of drug-likeness (QED) is 0.733. The second-order valence-corrected chi connectivity index (χ2v) is 4.73. The summed E-state index contributed by atoms with van der Waals surface area (Å²) in [6, 6.07) is 0. The van der Waals surface area contributed by atoms with Crippen LogP contribution in [0.1, 0.15) is 32.6 Å². The Morgan fingerprint density at radius 3 is 2.86 bits per heavy atom. The molecule has 2 aliphatic rings. The highest BCUT2D eigenvalue weighted by Gasteiger charge is 2.33. The van der Waals surface area contributed by atoms with Gasteiger partial charge in [-0.1, -0.05) is 6.92 Å². The Labute approximate surface area is 85.1 Å². The lowest BCUT2D eigenvalue weighted by Gasteiger charge is -2.32. The molecule has 0 aromatic rings. The summed E-state index contributed by atoms with van der Waals surface area (Å²) in [6.45, 7) is 3.39. The molecule has 14 heavy (non-hydrogen) atoms. The van der Waals surface area contributed by atoms with Crippen molar-refractivity contribution in [2.75, 3.05) is 13.1 Å². The van der Waals surface area contributed by atoms with Gasteiger partial charge in [-0.15, -0.1) is 0 Å².